The molecule has 0 radical (unpaired) electrons. The van der Waals surface area contributed by atoms with E-state index in [1.54, 1.807) is 7.11 Å². The smallest absolute Gasteiger partial charge is 0.122 e. The molecule has 1 aliphatic heterocycles. The second kappa shape index (κ2) is 5.07. The highest BCUT2D eigenvalue weighted by Gasteiger charge is 2.19. The molecule has 0 bridgehead atoms. The highest BCUT2D eigenvalue weighted by molar-refractivity contribution is 6.31. The molecule has 88 valence electrons. The van der Waals surface area contributed by atoms with Gasteiger partial charge in [0, 0.05) is 5.02 Å². The first-order valence-electron chi connectivity index (χ1n) is 5.75. The molecule has 3 heteroatoms. The fourth-order valence-electron chi connectivity index (χ4n) is 2.33. The highest BCUT2D eigenvalue weighted by Crippen LogP contribution is 2.31. The Labute approximate surface area is 102 Å². The lowest BCUT2D eigenvalue weighted by Crippen LogP contribution is -2.12. The number of hydrogen-bond donors (Lipinski definition) is 1. The van der Waals surface area contributed by atoms with Gasteiger partial charge in [-0.25, -0.2) is 0 Å². The molecule has 16 heavy (non-hydrogen) atoms. The predicted octanol–water partition coefficient (Wildman–Crippen LogP) is 2.81. The van der Waals surface area contributed by atoms with Crippen LogP contribution in [0.3, 0.4) is 0 Å². The maximum Gasteiger partial charge on any atom is 0.122 e. The molecular weight excluding hydrogens is 222 g/mol. The summed E-state index contributed by atoms with van der Waals surface area (Å²) in [7, 11) is 1.72. The van der Waals surface area contributed by atoms with Crippen LogP contribution in [0, 0.1) is 12.8 Å². The summed E-state index contributed by atoms with van der Waals surface area (Å²) in [6.45, 7) is 4.31. The molecule has 1 saturated heterocycles. The zero-order valence-corrected chi connectivity index (χ0v) is 10.6. The number of rotatable bonds is 3. The van der Waals surface area contributed by atoms with Crippen molar-refractivity contribution in [2.24, 2.45) is 5.92 Å². The van der Waals surface area contributed by atoms with Gasteiger partial charge in [-0.3, -0.25) is 0 Å². The van der Waals surface area contributed by atoms with Crippen molar-refractivity contribution in [3.63, 3.8) is 0 Å². The number of hydrogen-bond acceptors (Lipinski definition) is 2. The molecule has 1 heterocycles. The summed E-state index contributed by atoms with van der Waals surface area (Å²) in [5.74, 6) is 1.68. The van der Waals surface area contributed by atoms with Crippen molar-refractivity contribution >= 4 is 11.6 Å². The first-order chi connectivity index (χ1) is 7.72. The summed E-state index contributed by atoms with van der Waals surface area (Å²) in [5, 5.41) is 4.23. The maximum atomic E-state index is 6.16. The molecule has 1 aromatic rings. The van der Waals surface area contributed by atoms with Gasteiger partial charge in [0.2, 0.25) is 0 Å². The molecule has 1 fully saturated rings. The summed E-state index contributed by atoms with van der Waals surface area (Å²) in [5.41, 5.74) is 2.43. The molecule has 0 aliphatic carbocycles. The Morgan fingerprint density at radius 1 is 1.50 bits per heavy atom. The quantitative estimate of drug-likeness (QED) is 0.876. The van der Waals surface area contributed by atoms with Crippen molar-refractivity contribution < 1.29 is 4.74 Å². The first kappa shape index (κ1) is 11.7. The SMILES string of the molecule is COc1ccc(Cl)c(C)c1CC1CCNC1. The number of halogens is 1. The van der Waals surface area contributed by atoms with Gasteiger partial charge in [0.15, 0.2) is 0 Å². The van der Waals surface area contributed by atoms with Crippen LogP contribution in [0.5, 0.6) is 5.75 Å². The Morgan fingerprint density at radius 2 is 2.31 bits per heavy atom. The van der Waals surface area contributed by atoms with Crippen molar-refractivity contribution in [2.75, 3.05) is 20.2 Å². The molecule has 1 aromatic carbocycles. The zero-order valence-electron chi connectivity index (χ0n) is 9.85. The van der Waals surface area contributed by atoms with Gasteiger partial charge in [-0.2, -0.15) is 0 Å². The normalized spacial score (nSPS) is 20.1. The summed E-state index contributed by atoms with van der Waals surface area (Å²) < 4.78 is 5.41. The molecule has 1 atom stereocenters. The molecule has 1 N–H and O–H groups in total. The van der Waals surface area contributed by atoms with E-state index in [1.165, 1.54) is 12.0 Å². The monoisotopic (exact) mass is 239 g/mol. The molecule has 0 amide bonds. The van der Waals surface area contributed by atoms with Gasteiger partial charge in [-0.15, -0.1) is 0 Å². The van der Waals surface area contributed by atoms with Crippen LogP contribution in [0.25, 0.3) is 0 Å². The molecular formula is C13H18ClNO. The van der Waals surface area contributed by atoms with Crippen LogP contribution < -0.4 is 10.1 Å². The van der Waals surface area contributed by atoms with E-state index in [0.717, 1.165) is 35.8 Å². The zero-order chi connectivity index (χ0) is 11.5. The van der Waals surface area contributed by atoms with Crippen molar-refractivity contribution in [2.45, 2.75) is 19.8 Å². The molecule has 1 unspecified atom stereocenters. The van der Waals surface area contributed by atoms with E-state index in [9.17, 15) is 0 Å². The number of benzene rings is 1. The maximum absolute atomic E-state index is 6.16. The fourth-order valence-corrected chi connectivity index (χ4v) is 2.50. The topological polar surface area (TPSA) is 21.3 Å². The summed E-state index contributed by atoms with van der Waals surface area (Å²) in [4.78, 5) is 0. The Balaban J connectivity index is 2.25. The fraction of sp³-hybridized carbons (Fsp3) is 0.538. The number of nitrogens with one attached hydrogen (secondary N) is 1. The van der Waals surface area contributed by atoms with Crippen LogP contribution in [0.15, 0.2) is 12.1 Å². The van der Waals surface area contributed by atoms with E-state index in [0.29, 0.717) is 5.92 Å². The first-order valence-corrected chi connectivity index (χ1v) is 6.13. The van der Waals surface area contributed by atoms with E-state index in [-0.39, 0.29) is 0 Å². The number of methoxy groups -OCH3 is 1. The average Bonchev–Trinajstić information content (AvgIpc) is 2.78. The van der Waals surface area contributed by atoms with E-state index >= 15 is 0 Å². The second-order valence-corrected chi connectivity index (χ2v) is 4.82. The molecule has 2 rings (SSSR count). The Kier molecular flexibility index (Phi) is 3.72. The average molecular weight is 240 g/mol. The van der Waals surface area contributed by atoms with Gasteiger partial charge in [0.25, 0.3) is 0 Å². The molecule has 0 aromatic heterocycles. The lowest BCUT2D eigenvalue weighted by molar-refractivity contribution is 0.405. The Morgan fingerprint density at radius 3 is 2.94 bits per heavy atom. The predicted molar refractivity (Wildman–Crippen MR) is 67.4 cm³/mol. The minimum Gasteiger partial charge on any atom is -0.496 e. The minimum atomic E-state index is 0.714. The highest BCUT2D eigenvalue weighted by atomic mass is 35.5. The molecule has 1 aliphatic rings. The van der Waals surface area contributed by atoms with Gasteiger partial charge < -0.3 is 10.1 Å². The third kappa shape index (κ3) is 2.33. The second-order valence-electron chi connectivity index (χ2n) is 4.42. The molecule has 0 saturated carbocycles. The van der Waals surface area contributed by atoms with Crippen LogP contribution in [-0.2, 0) is 6.42 Å². The van der Waals surface area contributed by atoms with Gasteiger partial charge >= 0.3 is 0 Å². The van der Waals surface area contributed by atoms with Crippen LogP contribution in [0.2, 0.25) is 5.02 Å². The van der Waals surface area contributed by atoms with Crippen LogP contribution in [-0.4, -0.2) is 20.2 Å². The summed E-state index contributed by atoms with van der Waals surface area (Å²) in [6, 6.07) is 3.87. The van der Waals surface area contributed by atoms with Gasteiger partial charge in [-0.05, 0) is 62.0 Å². The number of ether oxygens (including phenoxy) is 1. The van der Waals surface area contributed by atoms with E-state index in [2.05, 4.69) is 12.2 Å². The summed E-state index contributed by atoms with van der Waals surface area (Å²) in [6.07, 6.45) is 2.30. The third-order valence-electron chi connectivity index (χ3n) is 3.36. The van der Waals surface area contributed by atoms with E-state index < -0.39 is 0 Å². The standard InChI is InChI=1S/C13H18ClNO/c1-9-11(7-10-5-6-15-8-10)13(16-2)4-3-12(9)14/h3-4,10,15H,5-8H2,1-2H3. The van der Waals surface area contributed by atoms with Gasteiger partial charge in [0.1, 0.15) is 5.75 Å². The van der Waals surface area contributed by atoms with E-state index in [4.69, 9.17) is 16.3 Å². The summed E-state index contributed by atoms with van der Waals surface area (Å²) >= 11 is 6.16. The van der Waals surface area contributed by atoms with Crippen LogP contribution in [0.1, 0.15) is 17.5 Å². The Hall–Kier alpha value is -0.730. The Bertz CT molecular complexity index is 372. The van der Waals surface area contributed by atoms with Crippen molar-refractivity contribution in [1.82, 2.24) is 5.32 Å². The van der Waals surface area contributed by atoms with Crippen LogP contribution >= 0.6 is 11.6 Å². The van der Waals surface area contributed by atoms with Gasteiger partial charge in [-0.1, -0.05) is 11.6 Å². The van der Waals surface area contributed by atoms with E-state index in [1.807, 2.05) is 12.1 Å². The lowest BCUT2D eigenvalue weighted by atomic mass is 9.94. The van der Waals surface area contributed by atoms with Crippen molar-refractivity contribution in [3.05, 3.63) is 28.3 Å². The molecule has 0 spiro atoms. The van der Waals surface area contributed by atoms with Gasteiger partial charge in [0.05, 0.1) is 7.11 Å². The van der Waals surface area contributed by atoms with Crippen LogP contribution in [0.4, 0.5) is 0 Å². The minimum absolute atomic E-state index is 0.714. The molecule has 2 nitrogen and oxygen atoms in total. The van der Waals surface area contributed by atoms with Crippen molar-refractivity contribution in [3.8, 4) is 5.75 Å². The van der Waals surface area contributed by atoms with Crippen molar-refractivity contribution in [1.29, 1.82) is 0 Å². The lowest BCUT2D eigenvalue weighted by Gasteiger charge is -2.16. The largest absolute Gasteiger partial charge is 0.496 e. The third-order valence-corrected chi connectivity index (χ3v) is 3.77.